The van der Waals surface area contributed by atoms with Gasteiger partial charge in [-0.3, -0.25) is 20.2 Å². The van der Waals surface area contributed by atoms with Crippen LogP contribution in [-0.4, -0.2) is 16.4 Å². The van der Waals surface area contributed by atoms with Crippen LogP contribution in [0, 0.1) is 20.2 Å². The fraction of sp³-hybridized carbons (Fsp3) is 0.143. The summed E-state index contributed by atoms with van der Waals surface area (Å²) in [6.45, 7) is -0.236. The van der Waals surface area contributed by atoms with E-state index in [0.717, 1.165) is 16.7 Å². The van der Waals surface area contributed by atoms with Crippen molar-refractivity contribution in [2.45, 2.75) is 11.8 Å². The SMILES string of the molecule is O=[N+]([O-])CC(c1ccccc1)C(c1ccccc1)c1ccc([N+](=O)[O-])cc1. The van der Waals surface area contributed by atoms with Gasteiger partial charge in [0.2, 0.25) is 6.54 Å². The van der Waals surface area contributed by atoms with Gasteiger partial charge in [0.1, 0.15) is 0 Å². The molecular formula is C21H18N2O4. The van der Waals surface area contributed by atoms with Gasteiger partial charge < -0.3 is 0 Å². The molecule has 0 aliphatic carbocycles. The van der Waals surface area contributed by atoms with Crippen LogP contribution in [0.15, 0.2) is 84.9 Å². The Balaban J connectivity index is 2.12. The minimum atomic E-state index is -0.451. The number of hydrogen-bond acceptors (Lipinski definition) is 4. The molecule has 3 aromatic rings. The summed E-state index contributed by atoms with van der Waals surface area (Å²) >= 11 is 0. The molecule has 0 saturated carbocycles. The molecule has 136 valence electrons. The third-order valence-corrected chi connectivity index (χ3v) is 4.60. The summed E-state index contributed by atoms with van der Waals surface area (Å²) in [5.74, 6) is -0.690. The molecule has 0 N–H and O–H groups in total. The van der Waals surface area contributed by atoms with Crippen LogP contribution < -0.4 is 0 Å². The Labute approximate surface area is 156 Å². The van der Waals surface area contributed by atoms with E-state index in [0.29, 0.717) is 0 Å². The van der Waals surface area contributed by atoms with Crippen molar-refractivity contribution in [1.29, 1.82) is 0 Å². The maximum absolute atomic E-state index is 11.4. The standard InChI is InChI=1S/C21H18N2O4/c24-22(25)15-20(16-7-3-1-4-8-16)21(17-9-5-2-6-10-17)18-11-13-19(14-12-18)23(26)27/h1-14,20-21H,15H2. The Hall–Kier alpha value is -3.54. The molecule has 0 aliphatic rings. The van der Waals surface area contributed by atoms with Gasteiger partial charge in [0.15, 0.2) is 0 Å². The third-order valence-electron chi connectivity index (χ3n) is 4.60. The van der Waals surface area contributed by atoms with Gasteiger partial charge >= 0.3 is 0 Å². The van der Waals surface area contributed by atoms with Gasteiger partial charge in [0.05, 0.1) is 10.8 Å². The molecule has 0 bridgehead atoms. The number of benzene rings is 3. The van der Waals surface area contributed by atoms with E-state index < -0.39 is 10.8 Å². The van der Waals surface area contributed by atoms with Gasteiger partial charge in [-0.1, -0.05) is 72.8 Å². The normalized spacial score (nSPS) is 12.9. The van der Waals surface area contributed by atoms with E-state index in [2.05, 4.69) is 0 Å². The van der Waals surface area contributed by atoms with Crippen LogP contribution in [0.4, 0.5) is 5.69 Å². The molecule has 6 nitrogen and oxygen atoms in total. The van der Waals surface area contributed by atoms with Crippen molar-refractivity contribution in [3.63, 3.8) is 0 Å². The summed E-state index contributed by atoms with van der Waals surface area (Å²) in [5.41, 5.74) is 2.60. The average molecular weight is 362 g/mol. The molecule has 0 aliphatic heterocycles. The molecular weight excluding hydrogens is 344 g/mol. The van der Waals surface area contributed by atoms with E-state index in [-0.39, 0.29) is 23.1 Å². The molecule has 3 aromatic carbocycles. The van der Waals surface area contributed by atoms with Crippen molar-refractivity contribution in [2.75, 3.05) is 6.54 Å². The van der Waals surface area contributed by atoms with Crippen molar-refractivity contribution in [1.82, 2.24) is 0 Å². The minimum Gasteiger partial charge on any atom is -0.265 e. The van der Waals surface area contributed by atoms with E-state index in [4.69, 9.17) is 0 Å². The highest BCUT2D eigenvalue weighted by atomic mass is 16.6. The molecule has 0 heterocycles. The molecule has 0 saturated heterocycles. The van der Waals surface area contributed by atoms with E-state index in [1.54, 1.807) is 12.1 Å². The predicted molar refractivity (Wildman–Crippen MR) is 102 cm³/mol. The number of nitro groups is 2. The first-order chi connectivity index (χ1) is 13.1. The second-order valence-electron chi connectivity index (χ2n) is 6.27. The fourth-order valence-corrected chi connectivity index (χ4v) is 3.38. The molecule has 0 amide bonds. The van der Waals surface area contributed by atoms with Crippen LogP contribution in [0.5, 0.6) is 0 Å². The molecule has 3 rings (SSSR count). The number of hydrogen-bond donors (Lipinski definition) is 0. The maximum atomic E-state index is 11.4. The van der Waals surface area contributed by atoms with Crippen LogP contribution in [0.1, 0.15) is 28.5 Å². The average Bonchev–Trinajstić information content (AvgIpc) is 2.69. The summed E-state index contributed by atoms with van der Waals surface area (Å²) in [5, 5.41) is 22.4. The van der Waals surface area contributed by atoms with Crippen LogP contribution in [0.3, 0.4) is 0 Å². The first-order valence-electron chi connectivity index (χ1n) is 8.52. The lowest BCUT2D eigenvalue weighted by Crippen LogP contribution is -2.21. The highest BCUT2D eigenvalue weighted by Crippen LogP contribution is 2.39. The zero-order valence-corrected chi connectivity index (χ0v) is 14.5. The summed E-state index contributed by atoms with van der Waals surface area (Å²) in [6, 6.07) is 25.2. The van der Waals surface area contributed by atoms with E-state index in [1.807, 2.05) is 60.7 Å². The Morgan fingerprint density at radius 1 is 0.667 bits per heavy atom. The lowest BCUT2D eigenvalue weighted by molar-refractivity contribution is -0.483. The van der Waals surface area contributed by atoms with Crippen molar-refractivity contribution in [3.8, 4) is 0 Å². The molecule has 27 heavy (non-hydrogen) atoms. The third kappa shape index (κ3) is 4.36. The maximum Gasteiger partial charge on any atom is 0.269 e. The number of rotatable bonds is 7. The molecule has 2 unspecified atom stereocenters. The van der Waals surface area contributed by atoms with Gasteiger partial charge in [0, 0.05) is 23.0 Å². The van der Waals surface area contributed by atoms with Gasteiger partial charge in [-0.05, 0) is 16.7 Å². The number of non-ortho nitro benzene ring substituents is 1. The summed E-state index contributed by atoms with van der Waals surface area (Å²) in [6.07, 6.45) is 0. The van der Waals surface area contributed by atoms with E-state index >= 15 is 0 Å². The zero-order valence-electron chi connectivity index (χ0n) is 14.5. The Kier molecular flexibility index (Phi) is 5.56. The van der Waals surface area contributed by atoms with Gasteiger partial charge in [0.25, 0.3) is 5.69 Å². The van der Waals surface area contributed by atoms with Crippen LogP contribution >= 0.6 is 0 Å². The van der Waals surface area contributed by atoms with Gasteiger partial charge in [-0.2, -0.15) is 0 Å². The Bertz CT molecular complexity index is 912. The molecule has 2 atom stereocenters. The monoisotopic (exact) mass is 362 g/mol. The summed E-state index contributed by atoms with van der Waals surface area (Å²) < 4.78 is 0. The summed E-state index contributed by atoms with van der Waals surface area (Å²) in [7, 11) is 0. The van der Waals surface area contributed by atoms with E-state index in [1.165, 1.54) is 12.1 Å². The second kappa shape index (κ2) is 8.23. The van der Waals surface area contributed by atoms with Gasteiger partial charge in [-0.25, -0.2) is 0 Å². The van der Waals surface area contributed by atoms with Crippen molar-refractivity contribution < 1.29 is 9.85 Å². The van der Waals surface area contributed by atoms with Crippen molar-refractivity contribution >= 4 is 5.69 Å². The largest absolute Gasteiger partial charge is 0.269 e. The molecule has 0 fully saturated rings. The van der Waals surface area contributed by atoms with Crippen molar-refractivity contribution in [3.05, 3.63) is 122 Å². The quantitative estimate of drug-likeness (QED) is 0.447. The first kappa shape index (κ1) is 18.3. The summed E-state index contributed by atoms with van der Waals surface area (Å²) in [4.78, 5) is 21.6. The lowest BCUT2D eigenvalue weighted by atomic mass is 9.77. The minimum absolute atomic E-state index is 0.00361. The molecule has 6 heteroatoms. The number of nitro benzene ring substituents is 1. The van der Waals surface area contributed by atoms with Crippen molar-refractivity contribution in [2.24, 2.45) is 0 Å². The fourth-order valence-electron chi connectivity index (χ4n) is 3.38. The van der Waals surface area contributed by atoms with Gasteiger partial charge in [-0.15, -0.1) is 0 Å². The zero-order chi connectivity index (χ0) is 19.2. The Morgan fingerprint density at radius 2 is 1.15 bits per heavy atom. The second-order valence-corrected chi connectivity index (χ2v) is 6.27. The van der Waals surface area contributed by atoms with Crippen LogP contribution in [0.2, 0.25) is 0 Å². The smallest absolute Gasteiger partial charge is 0.265 e. The topological polar surface area (TPSA) is 86.3 Å². The molecule has 0 aromatic heterocycles. The number of nitrogens with zero attached hydrogens (tertiary/aromatic N) is 2. The Morgan fingerprint density at radius 3 is 1.63 bits per heavy atom. The highest BCUT2D eigenvalue weighted by molar-refractivity contribution is 5.42. The first-order valence-corrected chi connectivity index (χ1v) is 8.52. The van der Waals surface area contributed by atoms with Crippen LogP contribution in [0.25, 0.3) is 0 Å². The molecule has 0 spiro atoms. The lowest BCUT2D eigenvalue weighted by Gasteiger charge is -2.26. The predicted octanol–water partition coefficient (Wildman–Crippen LogP) is 4.79. The van der Waals surface area contributed by atoms with E-state index in [9.17, 15) is 20.2 Å². The van der Waals surface area contributed by atoms with Crippen LogP contribution in [-0.2, 0) is 0 Å². The highest BCUT2D eigenvalue weighted by Gasteiger charge is 2.30. The molecule has 0 radical (unpaired) electrons.